The maximum Gasteiger partial charge on any atom is 0.242 e. The number of hydrogen-bond donors (Lipinski definition) is 3. The van der Waals surface area contributed by atoms with Crippen molar-refractivity contribution in [1.82, 2.24) is 10.0 Å². The Kier molecular flexibility index (Phi) is 4.61. The van der Waals surface area contributed by atoms with Crippen molar-refractivity contribution in [2.75, 3.05) is 18.4 Å². The van der Waals surface area contributed by atoms with Crippen LogP contribution in [0.3, 0.4) is 0 Å². The number of sulfonamides is 1. The van der Waals surface area contributed by atoms with Gasteiger partial charge in [0.1, 0.15) is 4.90 Å². The Morgan fingerprint density at radius 1 is 1.35 bits per heavy atom. The van der Waals surface area contributed by atoms with Gasteiger partial charge in [-0.3, -0.25) is 4.79 Å². The first-order valence-corrected chi connectivity index (χ1v) is 8.13. The van der Waals surface area contributed by atoms with Crippen LogP contribution in [0.2, 0.25) is 0 Å². The van der Waals surface area contributed by atoms with Gasteiger partial charge in [-0.25, -0.2) is 13.1 Å². The van der Waals surface area contributed by atoms with Gasteiger partial charge < -0.3 is 10.6 Å². The molecule has 6 nitrogen and oxygen atoms in total. The normalized spacial score (nSPS) is 18.9. The van der Waals surface area contributed by atoms with Crippen molar-refractivity contribution in [2.24, 2.45) is 0 Å². The van der Waals surface area contributed by atoms with E-state index in [2.05, 4.69) is 15.4 Å². The van der Waals surface area contributed by atoms with Crippen LogP contribution in [0, 0.1) is 0 Å². The van der Waals surface area contributed by atoms with Crippen molar-refractivity contribution in [1.29, 1.82) is 0 Å². The van der Waals surface area contributed by atoms with Gasteiger partial charge in [-0.15, -0.1) is 0 Å². The van der Waals surface area contributed by atoms with Gasteiger partial charge in [0.05, 0.1) is 5.69 Å². The van der Waals surface area contributed by atoms with E-state index >= 15 is 0 Å². The predicted octanol–water partition coefficient (Wildman–Crippen LogP) is 0.675. The molecule has 1 unspecified atom stereocenters. The maximum absolute atomic E-state index is 12.3. The molecule has 1 atom stereocenters. The molecule has 0 saturated carbocycles. The molecule has 1 amide bonds. The Morgan fingerprint density at radius 3 is 2.75 bits per heavy atom. The summed E-state index contributed by atoms with van der Waals surface area (Å²) in [6.45, 7) is 2.77. The van der Waals surface area contributed by atoms with Gasteiger partial charge in [-0.1, -0.05) is 12.1 Å². The quantitative estimate of drug-likeness (QED) is 0.720. The van der Waals surface area contributed by atoms with E-state index < -0.39 is 10.0 Å². The number of nitrogens with one attached hydrogen (secondary N) is 3. The molecule has 7 heteroatoms. The molecule has 0 aromatic heterocycles. The lowest BCUT2D eigenvalue weighted by atomic mass is 10.2. The first kappa shape index (κ1) is 14.8. The van der Waals surface area contributed by atoms with E-state index in [1.807, 2.05) is 6.92 Å². The van der Waals surface area contributed by atoms with E-state index in [-0.39, 0.29) is 23.4 Å². The highest BCUT2D eigenvalue weighted by molar-refractivity contribution is 7.89. The summed E-state index contributed by atoms with van der Waals surface area (Å²) in [7, 11) is -3.58. The minimum atomic E-state index is -3.58. The lowest BCUT2D eigenvalue weighted by Gasteiger charge is -2.14. The minimum absolute atomic E-state index is 0.0257. The molecule has 1 aliphatic rings. The highest BCUT2D eigenvalue weighted by Gasteiger charge is 2.24. The third kappa shape index (κ3) is 3.49. The summed E-state index contributed by atoms with van der Waals surface area (Å²) < 4.78 is 27.2. The van der Waals surface area contributed by atoms with Crippen LogP contribution in [0.1, 0.15) is 19.8 Å². The smallest absolute Gasteiger partial charge is 0.242 e. The highest BCUT2D eigenvalue weighted by atomic mass is 32.2. The average Bonchev–Trinajstić information content (AvgIpc) is 2.83. The average molecular weight is 297 g/mol. The Morgan fingerprint density at radius 2 is 2.10 bits per heavy atom. The number of anilines is 1. The lowest BCUT2D eigenvalue weighted by Crippen LogP contribution is -2.38. The number of carbonyl (C=O) groups is 1. The van der Waals surface area contributed by atoms with Crippen LogP contribution in [0.25, 0.3) is 0 Å². The molecule has 0 aliphatic carbocycles. The molecule has 1 heterocycles. The van der Waals surface area contributed by atoms with E-state index in [1.54, 1.807) is 24.3 Å². The molecule has 110 valence electrons. The van der Waals surface area contributed by atoms with Crippen molar-refractivity contribution in [3.8, 4) is 0 Å². The molecular formula is C13H19N3O3S. The van der Waals surface area contributed by atoms with Gasteiger partial charge in [0.2, 0.25) is 15.9 Å². The monoisotopic (exact) mass is 297 g/mol. The second-order valence-corrected chi connectivity index (χ2v) is 6.42. The maximum atomic E-state index is 12.3. The third-order valence-electron chi connectivity index (χ3n) is 3.15. The summed E-state index contributed by atoms with van der Waals surface area (Å²) >= 11 is 0. The van der Waals surface area contributed by atoms with Gasteiger partial charge >= 0.3 is 0 Å². The first-order chi connectivity index (χ1) is 9.53. The second-order valence-electron chi connectivity index (χ2n) is 4.68. The van der Waals surface area contributed by atoms with Crippen molar-refractivity contribution < 1.29 is 13.2 Å². The fourth-order valence-corrected chi connectivity index (χ4v) is 3.42. The standard InChI is InChI=1S/C13H19N3O3S/c1-2-14-11-5-3-4-6-12(11)20(18,19)15-9-10-7-8-13(17)16-10/h3-6,10,14-15H,2,7-9H2,1H3,(H,16,17). The van der Waals surface area contributed by atoms with Crippen LogP contribution in [0.15, 0.2) is 29.2 Å². The van der Waals surface area contributed by atoms with Crippen molar-refractivity contribution in [3.63, 3.8) is 0 Å². The number of carbonyl (C=O) groups excluding carboxylic acids is 1. The Balaban J connectivity index is 2.08. The van der Waals surface area contributed by atoms with Crippen LogP contribution < -0.4 is 15.4 Å². The molecule has 3 N–H and O–H groups in total. The summed E-state index contributed by atoms with van der Waals surface area (Å²) in [5, 5.41) is 5.76. The van der Waals surface area contributed by atoms with E-state index in [0.717, 1.165) is 0 Å². The van der Waals surface area contributed by atoms with Gasteiger partial charge in [-0.05, 0) is 25.5 Å². The molecule has 0 spiro atoms. The van der Waals surface area contributed by atoms with Crippen LogP contribution >= 0.6 is 0 Å². The largest absolute Gasteiger partial charge is 0.384 e. The van der Waals surface area contributed by atoms with Gasteiger partial charge in [0, 0.05) is 25.6 Å². The molecular weight excluding hydrogens is 278 g/mol. The first-order valence-electron chi connectivity index (χ1n) is 6.65. The van der Waals surface area contributed by atoms with Crippen LogP contribution in [-0.2, 0) is 14.8 Å². The van der Waals surface area contributed by atoms with Gasteiger partial charge in [0.25, 0.3) is 0 Å². The zero-order valence-electron chi connectivity index (χ0n) is 11.3. The topological polar surface area (TPSA) is 87.3 Å². The highest BCUT2D eigenvalue weighted by Crippen LogP contribution is 2.20. The van der Waals surface area contributed by atoms with Crippen LogP contribution in [-0.4, -0.2) is 33.5 Å². The van der Waals surface area contributed by atoms with Crippen molar-refractivity contribution >= 4 is 21.6 Å². The van der Waals surface area contributed by atoms with E-state index in [1.165, 1.54) is 0 Å². The van der Waals surface area contributed by atoms with Gasteiger partial charge in [0.15, 0.2) is 0 Å². The Bertz CT molecular complexity index is 586. The lowest BCUT2D eigenvalue weighted by molar-refractivity contribution is -0.119. The number of benzene rings is 1. The number of amides is 1. The van der Waals surface area contributed by atoms with Gasteiger partial charge in [-0.2, -0.15) is 0 Å². The summed E-state index contributed by atoms with van der Waals surface area (Å²) in [5.41, 5.74) is 0.581. The molecule has 1 aliphatic heterocycles. The fourth-order valence-electron chi connectivity index (χ4n) is 2.16. The number of hydrogen-bond acceptors (Lipinski definition) is 4. The summed E-state index contributed by atoms with van der Waals surface area (Å²) in [4.78, 5) is 11.3. The van der Waals surface area contributed by atoms with Crippen LogP contribution in [0.4, 0.5) is 5.69 Å². The van der Waals surface area contributed by atoms with Crippen molar-refractivity contribution in [2.45, 2.75) is 30.7 Å². The molecule has 20 heavy (non-hydrogen) atoms. The number of para-hydroxylation sites is 1. The molecule has 1 saturated heterocycles. The second kappa shape index (κ2) is 6.23. The third-order valence-corrected chi connectivity index (χ3v) is 4.63. The summed E-state index contributed by atoms with van der Waals surface area (Å²) in [6.07, 6.45) is 1.12. The van der Waals surface area contributed by atoms with E-state index in [9.17, 15) is 13.2 Å². The van der Waals surface area contributed by atoms with Crippen LogP contribution in [0.5, 0.6) is 0 Å². The fraction of sp³-hybridized carbons (Fsp3) is 0.462. The SMILES string of the molecule is CCNc1ccccc1S(=O)(=O)NCC1CCC(=O)N1. The predicted molar refractivity (Wildman–Crippen MR) is 77.0 cm³/mol. The summed E-state index contributed by atoms with van der Waals surface area (Å²) in [5.74, 6) is -0.0257. The zero-order chi connectivity index (χ0) is 14.6. The molecule has 1 fully saturated rings. The molecule has 1 aromatic rings. The molecule has 2 rings (SSSR count). The Labute approximate surface area is 119 Å². The van der Waals surface area contributed by atoms with Crippen molar-refractivity contribution in [3.05, 3.63) is 24.3 Å². The zero-order valence-corrected chi connectivity index (χ0v) is 12.2. The Hall–Kier alpha value is -1.60. The van der Waals surface area contributed by atoms with E-state index in [0.29, 0.717) is 25.1 Å². The summed E-state index contributed by atoms with van der Waals surface area (Å²) in [6, 6.07) is 6.65. The molecule has 0 bridgehead atoms. The van der Waals surface area contributed by atoms with E-state index in [4.69, 9.17) is 0 Å². The molecule has 0 radical (unpaired) electrons. The molecule has 1 aromatic carbocycles. The number of rotatable bonds is 6. The minimum Gasteiger partial charge on any atom is -0.384 e.